The van der Waals surface area contributed by atoms with E-state index in [0.29, 0.717) is 40.7 Å². The predicted molar refractivity (Wildman–Crippen MR) is 138 cm³/mol. The van der Waals surface area contributed by atoms with Crippen molar-refractivity contribution in [2.45, 2.75) is 32.6 Å². The average Bonchev–Trinajstić information content (AvgIpc) is 2.91. The second-order valence-electron chi connectivity index (χ2n) is 8.48. The maximum absolute atomic E-state index is 13.9. The number of hydrogen-bond acceptors (Lipinski definition) is 6. The predicted octanol–water partition coefficient (Wildman–Crippen LogP) is 4.18. The molecule has 37 heavy (non-hydrogen) atoms. The molecule has 2 aromatic heterocycles. The minimum absolute atomic E-state index is 0.0848. The van der Waals surface area contributed by atoms with E-state index in [0.717, 1.165) is 31.2 Å². The van der Waals surface area contributed by atoms with Crippen LogP contribution in [-0.4, -0.2) is 33.4 Å². The fourth-order valence-corrected chi connectivity index (χ4v) is 4.17. The highest BCUT2D eigenvalue weighted by molar-refractivity contribution is 5.58. The number of unbranched alkanes of at least 4 members (excludes halogenated alkanes) is 1. The Labute approximate surface area is 213 Å². The van der Waals surface area contributed by atoms with Gasteiger partial charge in [0.15, 0.2) is 0 Å². The summed E-state index contributed by atoms with van der Waals surface area (Å²) in [6, 6.07) is 14.2. The molecule has 0 fully saturated rings. The lowest BCUT2D eigenvalue weighted by atomic mass is 10.1. The number of pyridine rings is 1. The highest BCUT2D eigenvalue weighted by Crippen LogP contribution is 2.33. The van der Waals surface area contributed by atoms with Gasteiger partial charge in [0.05, 0.1) is 19.8 Å². The van der Waals surface area contributed by atoms with E-state index >= 15 is 0 Å². The van der Waals surface area contributed by atoms with E-state index in [4.69, 9.17) is 9.47 Å². The van der Waals surface area contributed by atoms with Gasteiger partial charge in [-0.15, -0.1) is 0 Å². The van der Waals surface area contributed by atoms with E-state index in [1.807, 2.05) is 6.92 Å². The molecule has 9 heteroatoms. The number of nitrogens with zero attached hydrogens (tertiary/aromatic N) is 3. The number of rotatable bonds is 9. The van der Waals surface area contributed by atoms with Crippen molar-refractivity contribution in [3.05, 3.63) is 104 Å². The van der Waals surface area contributed by atoms with Crippen LogP contribution in [0.15, 0.2) is 70.4 Å². The standard InChI is InChI=1S/C28H28FN3O5/c1-4-5-9-24-30-27(34)21(28(35)32(24)26-22(36-2)7-6-8-23(26)37-3)16-18-10-13-20(14-11-18)31-17-19(29)12-15-25(31)33/h6-8,10-15,17,34H,4-5,9,16H2,1-3H3. The van der Waals surface area contributed by atoms with Crippen LogP contribution < -0.4 is 20.6 Å². The van der Waals surface area contributed by atoms with E-state index in [-0.39, 0.29) is 23.4 Å². The summed E-state index contributed by atoms with van der Waals surface area (Å²) in [5.74, 6) is 0.392. The summed E-state index contributed by atoms with van der Waals surface area (Å²) >= 11 is 0. The van der Waals surface area contributed by atoms with E-state index in [2.05, 4.69) is 4.98 Å². The van der Waals surface area contributed by atoms with E-state index in [1.165, 1.54) is 23.4 Å². The van der Waals surface area contributed by atoms with Crippen molar-refractivity contribution in [3.63, 3.8) is 0 Å². The van der Waals surface area contributed by atoms with Gasteiger partial charge in [-0.05, 0) is 42.3 Å². The number of methoxy groups -OCH3 is 2. The first-order valence-electron chi connectivity index (χ1n) is 11.9. The second kappa shape index (κ2) is 11.1. The van der Waals surface area contributed by atoms with Crippen molar-refractivity contribution in [2.24, 2.45) is 0 Å². The van der Waals surface area contributed by atoms with Crippen molar-refractivity contribution in [2.75, 3.05) is 14.2 Å². The zero-order chi connectivity index (χ0) is 26.5. The van der Waals surface area contributed by atoms with Crippen molar-refractivity contribution >= 4 is 0 Å². The van der Waals surface area contributed by atoms with Crippen LogP contribution in [0.5, 0.6) is 17.4 Å². The van der Waals surface area contributed by atoms with Gasteiger partial charge in [-0.1, -0.05) is 31.5 Å². The number of para-hydroxylation sites is 1. The topological polar surface area (TPSA) is 95.6 Å². The van der Waals surface area contributed by atoms with Crippen LogP contribution in [0.3, 0.4) is 0 Å². The van der Waals surface area contributed by atoms with Gasteiger partial charge in [-0.25, -0.2) is 4.39 Å². The number of aromatic nitrogens is 3. The molecule has 0 saturated carbocycles. The molecule has 0 spiro atoms. The molecule has 1 N–H and O–H groups in total. The van der Waals surface area contributed by atoms with Crippen LogP contribution in [0.2, 0.25) is 0 Å². The molecule has 0 aliphatic rings. The summed E-state index contributed by atoms with van der Waals surface area (Å²) in [5.41, 5.74) is 0.880. The SMILES string of the molecule is CCCCc1nc(O)c(Cc2ccc(-n3cc(F)ccc3=O)cc2)c(=O)n1-c1c(OC)cccc1OC. The summed E-state index contributed by atoms with van der Waals surface area (Å²) in [5, 5.41) is 10.8. The average molecular weight is 506 g/mol. The Balaban J connectivity index is 1.81. The maximum Gasteiger partial charge on any atom is 0.265 e. The number of benzene rings is 2. The lowest BCUT2D eigenvalue weighted by Crippen LogP contribution is -2.28. The highest BCUT2D eigenvalue weighted by Gasteiger charge is 2.22. The summed E-state index contributed by atoms with van der Waals surface area (Å²) in [6.45, 7) is 2.03. The Morgan fingerprint density at radius 2 is 1.65 bits per heavy atom. The van der Waals surface area contributed by atoms with Crippen LogP contribution in [0.25, 0.3) is 11.4 Å². The molecule has 0 aliphatic carbocycles. The second-order valence-corrected chi connectivity index (χ2v) is 8.48. The molecular weight excluding hydrogens is 477 g/mol. The fourth-order valence-electron chi connectivity index (χ4n) is 4.17. The number of hydrogen-bond donors (Lipinski definition) is 1. The first-order chi connectivity index (χ1) is 17.9. The zero-order valence-corrected chi connectivity index (χ0v) is 20.9. The third kappa shape index (κ3) is 5.25. The van der Waals surface area contributed by atoms with Gasteiger partial charge in [0.1, 0.15) is 28.8 Å². The normalized spacial score (nSPS) is 10.9. The van der Waals surface area contributed by atoms with E-state index < -0.39 is 11.4 Å². The molecule has 8 nitrogen and oxygen atoms in total. The lowest BCUT2D eigenvalue weighted by Gasteiger charge is -2.19. The molecule has 2 aromatic carbocycles. The largest absolute Gasteiger partial charge is 0.494 e. The number of halogens is 1. The molecule has 0 radical (unpaired) electrons. The molecule has 0 atom stereocenters. The Bertz CT molecular complexity index is 1500. The third-order valence-corrected chi connectivity index (χ3v) is 6.07. The van der Waals surface area contributed by atoms with Gasteiger partial charge in [0, 0.05) is 30.8 Å². The zero-order valence-electron chi connectivity index (χ0n) is 20.9. The summed E-state index contributed by atoms with van der Waals surface area (Å²) in [4.78, 5) is 30.4. The molecule has 0 unspecified atom stereocenters. The molecule has 0 amide bonds. The first-order valence-corrected chi connectivity index (χ1v) is 11.9. The number of aromatic hydroxyl groups is 1. The van der Waals surface area contributed by atoms with E-state index in [1.54, 1.807) is 42.5 Å². The van der Waals surface area contributed by atoms with Crippen molar-refractivity contribution in [1.82, 2.24) is 14.1 Å². The first kappa shape index (κ1) is 25.7. The number of ether oxygens (including phenoxy) is 2. The molecule has 4 rings (SSSR count). The van der Waals surface area contributed by atoms with Gasteiger partial charge < -0.3 is 14.6 Å². The Kier molecular flexibility index (Phi) is 7.71. The van der Waals surface area contributed by atoms with Crippen LogP contribution in [0.4, 0.5) is 4.39 Å². The summed E-state index contributed by atoms with van der Waals surface area (Å²) in [6.07, 6.45) is 3.31. The molecular formula is C28H28FN3O5. The van der Waals surface area contributed by atoms with Crippen LogP contribution in [-0.2, 0) is 12.8 Å². The van der Waals surface area contributed by atoms with Crippen molar-refractivity contribution in [1.29, 1.82) is 0 Å². The molecule has 0 saturated heterocycles. The van der Waals surface area contributed by atoms with Crippen molar-refractivity contribution < 1.29 is 19.0 Å². The van der Waals surface area contributed by atoms with Gasteiger partial charge in [0.2, 0.25) is 5.88 Å². The quantitative estimate of drug-likeness (QED) is 0.367. The van der Waals surface area contributed by atoms with Crippen LogP contribution in [0.1, 0.15) is 36.7 Å². The smallest absolute Gasteiger partial charge is 0.265 e. The van der Waals surface area contributed by atoms with E-state index in [9.17, 15) is 19.1 Å². The van der Waals surface area contributed by atoms with Gasteiger partial charge >= 0.3 is 0 Å². The number of aryl methyl sites for hydroxylation is 1. The van der Waals surface area contributed by atoms with Crippen LogP contribution in [0, 0.1) is 5.82 Å². The Morgan fingerprint density at radius 3 is 2.27 bits per heavy atom. The molecule has 0 bridgehead atoms. The molecule has 4 aromatic rings. The maximum atomic E-state index is 13.9. The fraction of sp³-hybridized carbons (Fsp3) is 0.250. The van der Waals surface area contributed by atoms with Crippen LogP contribution >= 0.6 is 0 Å². The molecule has 0 aliphatic heterocycles. The minimum Gasteiger partial charge on any atom is -0.494 e. The summed E-state index contributed by atoms with van der Waals surface area (Å²) < 4.78 is 27.3. The third-order valence-electron chi connectivity index (χ3n) is 6.07. The van der Waals surface area contributed by atoms with Crippen molar-refractivity contribution in [3.8, 4) is 28.8 Å². The molecule has 192 valence electrons. The Morgan fingerprint density at radius 1 is 0.973 bits per heavy atom. The Hall–Kier alpha value is -4.40. The van der Waals surface area contributed by atoms with Gasteiger partial charge in [-0.2, -0.15) is 4.98 Å². The monoisotopic (exact) mass is 505 g/mol. The molecule has 2 heterocycles. The van der Waals surface area contributed by atoms with Gasteiger partial charge in [0.25, 0.3) is 11.1 Å². The lowest BCUT2D eigenvalue weighted by molar-refractivity contribution is 0.387. The highest BCUT2D eigenvalue weighted by atomic mass is 19.1. The summed E-state index contributed by atoms with van der Waals surface area (Å²) in [7, 11) is 3.02. The van der Waals surface area contributed by atoms with Gasteiger partial charge in [-0.3, -0.25) is 18.7 Å². The minimum atomic E-state index is -0.532.